The van der Waals surface area contributed by atoms with Crippen LogP contribution < -0.4 is 0 Å². The fourth-order valence-electron chi connectivity index (χ4n) is 2.88. The summed E-state index contributed by atoms with van der Waals surface area (Å²) in [5.74, 6) is -0.887. The Bertz CT molecular complexity index is 335. The Balaban J connectivity index is 2.66. The lowest BCUT2D eigenvalue weighted by atomic mass is 10.1. The summed E-state index contributed by atoms with van der Waals surface area (Å²) in [7, 11) is 0. The molecule has 0 radical (unpaired) electrons. The molecule has 0 aromatic heterocycles. The second kappa shape index (κ2) is 8.09. The SMILES string of the molecule is CCN(C(=O)N1CCCC1CCCO)C(C)CC(=O)O. The van der Waals surface area contributed by atoms with Gasteiger partial charge in [-0.15, -0.1) is 0 Å². The normalized spacial score (nSPS) is 19.9. The molecule has 1 rings (SSSR count). The molecule has 1 heterocycles. The molecule has 0 saturated carbocycles. The largest absolute Gasteiger partial charge is 0.481 e. The number of hydrogen-bond donors (Lipinski definition) is 2. The maximum Gasteiger partial charge on any atom is 0.320 e. The average Bonchev–Trinajstić information content (AvgIpc) is 2.84. The van der Waals surface area contributed by atoms with E-state index in [1.54, 1.807) is 11.8 Å². The molecule has 0 aliphatic carbocycles. The second-order valence-corrected chi connectivity index (χ2v) is 5.37. The average molecular weight is 286 g/mol. The van der Waals surface area contributed by atoms with Crippen molar-refractivity contribution in [3.8, 4) is 0 Å². The molecule has 2 unspecified atom stereocenters. The summed E-state index contributed by atoms with van der Waals surface area (Å²) in [6.07, 6.45) is 3.43. The van der Waals surface area contributed by atoms with Crippen molar-refractivity contribution in [3.63, 3.8) is 0 Å². The van der Waals surface area contributed by atoms with Crippen LogP contribution in [-0.2, 0) is 4.79 Å². The third-order valence-electron chi connectivity index (χ3n) is 3.91. The first-order valence-corrected chi connectivity index (χ1v) is 7.41. The van der Waals surface area contributed by atoms with Gasteiger partial charge in [-0.05, 0) is 39.5 Å². The van der Waals surface area contributed by atoms with Gasteiger partial charge >= 0.3 is 12.0 Å². The number of rotatable bonds is 7. The Morgan fingerprint density at radius 2 is 2.15 bits per heavy atom. The Morgan fingerprint density at radius 3 is 2.70 bits per heavy atom. The van der Waals surface area contributed by atoms with Crippen LogP contribution in [-0.4, -0.2) is 63.8 Å². The van der Waals surface area contributed by atoms with Gasteiger partial charge in [0.15, 0.2) is 0 Å². The van der Waals surface area contributed by atoms with Gasteiger partial charge in [0.1, 0.15) is 0 Å². The zero-order chi connectivity index (χ0) is 15.1. The van der Waals surface area contributed by atoms with Gasteiger partial charge in [0, 0.05) is 31.8 Å². The van der Waals surface area contributed by atoms with Gasteiger partial charge in [-0.25, -0.2) is 4.79 Å². The molecule has 6 heteroatoms. The van der Waals surface area contributed by atoms with Crippen molar-refractivity contribution in [2.24, 2.45) is 0 Å². The van der Waals surface area contributed by atoms with E-state index in [1.165, 1.54) is 0 Å². The fraction of sp³-hybridized carbons (Fsp3) is 0.857. The van der Waals surface area contributed by atoms with Gasteiger partial charge in [-0.1, -0.05) is 0 Å². The van der Waals surface area contributed by atoms with Gasteiger partial charge in [-0.3, -0.25) is 4.79 Å². The number of carbonyl (C=O) groups is 2. The summed E-state index contributed by atoms with van der Waals surface area (Å²) in [4.78, 5) is 26.8. The van der Waals surface area contributed by atoms with Crippen molar-refractivity contribution in [1.29, 1.82) is 0 Å². The standard InChI is InChI=1S/C14H26N2O4/c1-3-15(11(2)10-13(18)19)14(20)16-8-4-6-12(16)7-5-9-17/h11-12,17H,3-10H2,1-2H3,(H,18,19). The van der Waals surface area contributed by atoms with Gasteiger partial charge in [0.2, 0.25) is 0 Å². The van der Waals surface area contributed by atoms with E-state index in [9.17, 15) is 9.59 Å². The summed E-state index contributed by atoms with van der Waals surface area (Å²) in [6.45, 7) is 5.02. The van der Waals surface area contributed by atoms with Crippen molar-refractivity contribution in [3.05, 3.63) is 0 Å². The molecule has 2 amide bonds. The molecule has 0 bridgehead atoms. The van der Waals surface area contributed by atoms with E-state index in [0.29, 0.717) is 13.0 Å². The molecule has 2 atom stereocenters. The second-order valence-electron chi connectivity index (χ2n) is 5.37. The van der Waals surface area contributed by atoms with Crippen LogP contribution in [0.3, 0.4) is 0 Å². The van der Waals surface area contributed by atoms with Crippen LogP contribution in [0.5, 0.6) is 0 Å². The topological polar surface area (TPSA) is 81.1 Å². The first-order valence-electron chi connectivity index (χ1n) is 7.41. The zero-order valence-electron chi connectivity index (χ0n) is 12.4. The van der Waals surface area contributed by atoms with E-state index in [-0.39, 0.29) is 31.1 Å². The highest BCUT2D eigenvalue weighted by molar-refractivity contribution is 5.76. The Labute approximate surface area is 120 Å². The minimum absolute atomic E-state index is 0.0330. The smallest absolute Gasteiger partial charge is 0.320 e. The quantitative estimate of drug-likeness (QED) is 0.743. The monoisotopic (exact) mass is 286 g/mol. The van der Waals surface area contributed by atoms with Crippen LogP contribution in [0.25, 0.3) is 0 Å². The van der Waals surface area contributed by atoms with Crippen LogP contribution in [0, 0.1) is 0 Å². The van der Waals surface area contributed by atoms with Crippen molar-refractivity contribution >= 4 is 12.0 Å². The first kappa shape index (κ1) is 16.8. The minimum Gasteiger partial charge on any atom is -0.481 e. The highest BCUT2D eigenvalue weighted by Crippen LogP contribution is 2.23. The lowest BCUT2D eigenvalue weighted by molar-refractivity contribution is -0.138. The number of aliphatic hydroxyl groups excluding tert-OH is 1. The van der Waals surface area contributed by atoms with Crippen LogP contribution in [0.1, 0.15) is 46.0 Å². The van der Waals surface area contributed by atoms with Crippen molar-refractivity contribution in [1.82, 2.24) is 9.80 Å². The number of amides is 2. The van der Waals surface area contributed by atoms with E-state index in [0.717, 1.165) is 25.8 Å². The predicted octanol–water partition coefficient (Wildman–Crippen LogP) is 1.53. The summed E-state index contributed by atoms with van der Waals surface area (Å²) in [5, 5.41) is 17.8. The third-order valence-corrected chi connectivity index (χ3v) is 3.91. The van der Waals surface area contributed by atoms with E-state index in [2.05, 4.69) is 0 Å². The zero-order valence-corrected chi connectivity index (χ0v) is 12.4. The molecule has 1 aliphatic heterocycles. The summed E-state index contributed by atoms with van der Waals surface area (Å²) >= 11 is 0. The molecule has 116 valence electrons. The van der Waals surface area contributed by atoms with Crippen LogP contribution in [0.2, 0.25) is 0 Å². The maximum absolute atomic E-state index is 12.6. The van der Waals surface area contributed by atoms with Crippen molar-refractivity contribution < 1.29 is 19.8 Å². The molecule has 6 nitrogen and oxygen atoms in total. The molecule has 1 aliphatic rings. The number of carboxylic acid groups (broad SMARTS) is 1. The van der Waals surface area contributed by atoms with E-state index >= 15 is 0 Å². The molecular weight excluding hydrogens is 260 g/mol. The maximum atomic E-state index is 12.6. The Morgan fingerprint density at radius 1 is 1.45 bits per heavy atom. The van der Waals surface area contributed by atoms with Gasteiger partial charge in [0.05, 0.1) is 6.42 Å². The van der Waals surface area contributed by atoms with Gasteiger partial charge in [0.25, 0.3) is 0 Å². The molecule has 0 spiro atoms. The molecule has 20 heavy (non-hydrogen) atoms. The molecule has 1 fully saturated rings. The van der Waals surface area contributed by atoms with E-state index in [1.807, 2.05) is 11.8 Å². The number of carboxylic acids is 1. The van der Waals surface area contributed by atoms with Crippen LogP contribution in [0.15, 0.2) is 0 Å². The third kappa shape index (κ3) is 4.37. The van der Waals surface area contributed by atoms with Gasteiger partial charge in [-0.2, -0.15) is 0 Å². The van der Waals surface area contributed by atoms with E-state index < -0.39 is 5.97 Å². The molecule has 0 aromatic rings. The highest BCUT2D eigenvalue weighted by atomic mass is 16.4. The predicted molar refractivity (Wildman–Crippen MR) is 75.5 cm³/mol. The molecular formula is C14H26N2O4. The number of urea groups is 1. The van der Waals surface area contributed by atoms with Crippen LogP contribution in [0.4, 0.5) is 4.79 Å². The first-order chi connectivity index (χ1) is 9.51. The van der Waals surface area contributed by atoms with Gasteiger partial charge < -0.3 is 20.0 Å². The Kier molecular flexibility index (Phi) is 6.78. The number of nitrogens with zero attached hydrogens (tertiary/aromatic N) is 2. The molecule has 2 N–H and O–H groups in total. The van der Waals surface area contributed by atoms with E-state index in [4.69, 9.17) is 10.2 Å². The highest BCUT2D eigenvalue weighted by Gasteiger charge is 2.32. The summed E-state index contributed by atoms with van der Waals surface area (Å²) in [6, 6.07) is -0.188. The minimum atomic E-state index is -0.887. The fourth-order valence-corrected chi connectivity index (χ4v) is 2.88. The number of hydrogen-bond acceptors (Lipinski definition) is 3. The van der Waals surface area contributed by atoms with Crippen molar-refractivity contribution in [2.75, 3.05) is 19.7 Å². The number of aliphatic carboxylic acids is 1. The lowest BCUT2D eigenvalue weighted by Gasteiger charge is -2.34. The van der Waals surface area contributed by atoms with Crippen molar-refractivity contribution in [2.45, 2.75) is 58.0 Å². The molecule has 0 aromatic carbocycles. The Hall–Kier alpha value is -1.30. The number of likely N-dealkylation sites (tertiary alicyclic amines) is 1. The summed E-state index contributed by atoms with van der Waals surface area (Å²) in [5.41, 5.74) is 0. The summed E-state index contributed by atoms with van der Waals surface area (Å²) < 4.78 is 0. The number of carbonyl (C=O) groups excluding carboxylic acids is 1. The van der Waals surface area contributed by atoms with Crippen LogP contribution >= 0.6 is 0 Å². The molecule has 1 saturated heterocycles. The number of aliphatic hydroxyl groups is 1. The lowest BCUT2D eigenvalue weighted by Crippen LogP contribution is -2.49.